The molecule has 0 radical (unpaired) electrons. The molecule has 1 aromatic rings. The molecule has 0 aliphatic heterocycles. The van der Waals surface area contributed by atoms with Crippen LogP contribution in [0.3, 0.4) is 0 Å². The summed E-state index contributed by atoms with van der Waals surface area (Å²) < 4.78 is 0. The molecule has 25 heavy (non-hydrogen) atoms. The zero-order valence-corrected chi connectivity index (χ0v) is 14.4. The Morgan fingerprint density at radius 3 is 1.80 bits per heavy atom. The highest BCUT2D eigenvalue weighted by atomic mass is 16.3. The van der Waals surface area contributed by atoms with Crippen LogP contribution in [0, 0.1) is 0 Å². The lowest BCUT2D eigenvalue weighted by molar-refractivity contribution is -0.159. The molecule has 1 atom stereocenters. The minimum atomic E-state index is -2.31. The Balaban J connectivity index is 3.37. The fraction of sp³-hybridized carbons (Fsp3) is 0.412. The van der Waals surface area contributed by atoms with Gasteiger partial charge in [-0.2, -0.15) is 0 Å². The van der Waals surface area contributed by atoms with Crippen LogP contribution in [0.5, 0.6) is 11.5 Å². The summed E-state index contributed by atoms with van der Waals surface area (Å²) in [7, 11) is 0. The van der Waals surface area contributed by atoms with E-state index in [1.165, 1.54) is 6.07 Å². The quantitative estimate of drug-likeness (QED) is 0.481. The van der Waals surface area contributed by atoms with Crippen molar-refractivity contribution in [2.24, 2.45) is 0 Å². The minimum absolute atomic E-state index is 0.131. The van der Waals surface area contributed by atoms with Gasteiger partial charge in [0, 0.05) is 6.92 Å². The number of phenolic OH excluding ortho intramolecular Hbond substituents is 2. The standard InChI is InChI=1S/C17H21NO7/c1-9(19)17(10(2)20,11(3)21)18(12(4)22)8-16(25)13-5-6-14(23)15(24)7-13/h5-7,16,23-25H,8H2,1-4H3. The van der Waals surface area contributed by atoms with Gasteiger partial charge in [0.05, 0.1) is 12.6 Å². The van der Waals surface area contributed by atoms with Crippen molar-refractivity contribution in [3.63, 3.8) is 0 Å². The van der Waals surface area contributed by atoms with E-state index in [9.17, 15) is 34.5 Å². The number of rotatable bonds is 7. The van der Waals surface area contributed by atoms with Crippen LogP contribution in [0.25, 0.3) is 0 Å². The van der Waals surface area contributed by atoms with Gasteiger partial charge >= 0.3 is 0 Å². The number of aliphatic hydroxyl groups is 1. The predicted octanol–water partition coefficient (Wildman–Crippen LogP) is 0.486. The Hall–Kier alpha value is -2.74. The van der Waals surface area contributed by atoms with Gasteiger partial charge in [0.25, 0.3) is 0 Å². The second kappa shape index (κ2) is 7.43. The fourth-order valence-electron chi connectivity index (χ4n) is 2.84. The molecule has 0 saturated heterocycles. The highest BCUT2D eigenvalue weighted by Gasteiger charge is 2.52. The molecular weight excluding hydrogens is 330 g/mol. The normalized spacial score (nSPS) is 12.4. The number of benzene rings is 1. The number of hydrogen-bond donors (Lipinski definition) is 3. The average molecular weight is 351 g/mol. The van der Waals surface area contributed by atoms with E-state index < -0.39 is 52.9 Å². The van der Waals surface area contributed by atoms with E-state index in [-0.39, 0.29) is 5.56 Å². The molecule has 0 aromatic heterocycles. The molecule has 3 N–H and O–H groups in total. The first-order valence-electron chi connectivity index (χ1n) is 7.47. The lowest BCUT2D eigenvalue weighted by atomic mass is 9.83. The van der Waals surface area contributed by atoms with Gasteiger partial charge in [-0.1, -0.05) is 6.07 Å². The highest BCUT2D eigenvalue weighted by Crippen LogP contribution is 2.30. The van der Waals surface area contributed by atoms with Crippen LogP contribution in [0.2, 0.25) is 0 Å². The summed E-state index contributed by atoms with van der Waals surface area (Å²) in [6.07, 6.45) is -1.41. The minimum Gasteiger partial charge on any atom is -0.504 e. The number of hydrogen-bond acceptors (Lipinski definition) is 7. The Morgan fingerprint density at radius 1 is 0.960 bits per heavy atom. The molecule has 0 heterocycles. The van der Waals surface area contributed by atoms with E-state index in [1.54, 1.807) is 0 Å². The molecule has 8 heteroatoms. The molecule has 0 aliphatic rings. The lowest BCUT2D eigenvalue weighted by Gasteiger charge is -2.38. The summed E-state index contributed by atoms with van der Waals surface area (Å²) >= 11 is 0. The number of β-amino-alcohol motifs (C(OH)–C–C–N with tert-alkyl or cyclic N) is 1. The molecule has 1 unspecified atom stereocenters. The smallest absolute Gasteiger partial charge is 0.221 e. The third-order valence-corrected chi connectivity index (χ3v) is 4.05. The number of amides is 1. The number of carbonyl (C=O) groups excluding carboxylic acids is 4. The molecule has 0 spiro atoms. The van der Waals surface area contributed by atoms with Crippen LogP contribution < -0.4 is 0 Å². The summed E-state index contributed by atoms with van der Waals surface area (Å²) in [5.74, 6) is -4.12. The summed E-state index contributed by atoms with van der Waals surface area (Å²) in [5.41, 5.74) is -2.18. The zero-order valence-electron chi connectivity index (χ0n) is 14.4. The number of nitrogens with zero attached hydrogens (tertiary/aromatic N) is 1. The maximum atomic E-state index is 12.1. The van der Waals surface area contributed by atoms with Gasteiger partial charge in [0.2, 0.25) is 11.4 Å². The maximum Gasteiger partial charge on any atom is 0.221 e. The first-order chi connectivity index (χ1) is 11.5. The second-order valence-corrected chi connectivity index (χ2v) is 5.77. The van der Waals surface area contributed by atoms with Crippen LogP contribution in [0.15, 0.2) is 18.2 Å². The average Bonchev–Trinajstić information content (AvgIpc) is 2.48. The van der Waals surface area contributed by atoms with Crippen LogP contribution in [-0.4, -0.2) is 55.6 Å². The van der Waals surface area contributed by atoms with Crippen molar-refractivity contribution in [3.05, 3.63) is 23.8 Å². The van der Waals surface area contributed by atoms with Crippen molar-refractivity contribution in [2.45, 2.75) is 39.3 Å². The topological polar surface area (TPSA) is 132 Å². The predicted molar refractivity (Wildman–Crippen MR) is 86.9 cm³/mol. The van der Waals surface area contributed by atoms with Crippen LogP contribution in [0.1, 0.15) is 39.4 Å². The molecule has 0 bridgehead atoms. The zero-order chi connectivity index (χ0) is 19.5. The molecule has 0 fully saturated rings. The molecule has 1 amide bonds. The lowest BCUT2D eigenvalue weighted by Crippen LogP contribution is -2.65. The Kier molecular flexibility index (Phi) is 6.04. The number of aliphatic hydroxyl groups excluding tert-OH is 1. The van der Waals surface area contributed by atoms with E-state index in [2.05, 4.69) is 0 Å². The van der Waals surface area contributed by atoms with E-state index in [4.69, 9.17) is 0 Å². The molecule has 0 aliphatic carbocycles. The van der Waals surface area contributed by atoms with Crippen molar-refractivity contribution in [2.75, 3.05) is 6.54 Å². The summed E-state index contributed by atoms with van der Waals surface area (Å²) in [5, 5.41) is 29.2. The third-order valence-electron chi connectivity index (χ3n) is 4.05. The first-order valence-corrected chi connectivity index (χ1v) is 7.47. The van der Waals surface area contributed by atoms with Gasteiger partial charge in [-0.3, -0.25) is 19.2 Å². The number of carbonyl (C=O) groups is 4. The van der Waals surface area contributed by atoms with E-state index in [0.29, 0.717) is 0 Å². The number of aromatic hydroxyl groups is 2. The van der Waals surface area contributed by atoms with Crippen molar-refractivity contribution < 1.29 is 34.5 Å². The fourth-order valence-corrected chi connectivity index (χ4v) is 2.84. The Morgan fingerprint density at radius 2 is 1.44 bits per heavy atom. The monoisotopic (exact) mass is 351 g/mol. The second-order valence-electron chi connectivity index (χ2n) is 5.77. The van der Waals surface area contributed by atoms with Gasteiger partial charge in [0.1, 0.15) is 0 Å². The van der Waals surface area contributed by atoms with E-state index >= 15 is 0 Å². The summed E-state index contributed by atoms with van der Waals surface area (Å²) in [6, 6.07) is 3.52. The number of ketones is 3. The highest BCUT2D eigenvalue weighted by molar-refractivity contribution is 6.29. The molecule has 1 aromatic carbocycles. The SMILES string of the molecule is CC(=O)N(CC(O)c1ccc(O)c(O)c1)C(C(C)=O)(C(C)=O)C(C)=O. The summed E-state index contributed by atoms with van der Waals surface area (Å²) in [6.45, 7) is 3.62. The van der Waals surface area contributed by atoms with E-state index in [0.717, 1.165) is 44.7 Å². The maximum absolute atomic E-state index is 12.1. The van der Waals surface area contributed by atoms with Crippen LogP contribution >= 0.6 is 0 Å². The Bertz CT molecular complexity index is 690. The van der Waals surface area contributed by atoms with Gasteiger partial charge in [0.15, 0.2) is 28.8 Å². The molecular formula is C17H21NO7. The van der Waals surface area contributed by atoms with Crippen LogP contribution in [-0.2, 0) is 19.2 Å². The van der Waals surface area contributed by atoms with E-state index in [1.807, 2.05) is 0 Å². The molecule has 1 rings (SSSR count). The van der Waals surface area contributed by atoms with Crippen molar-refractivity contribution in [1.29, 1.82) is 0 Å². The number of Topliss-reactive ketones (excluding diaryl/α,β-unsaturated/α-hetero) is 3. The van der Waals surface area contributed by atoms with Crippen molar-refractivity contribution in [3.8, 4) is 11.5 Å². The summed E-state index contributed by atoms with van der Waals surface area (Å²) in [4.78, 5) is 49.2. The van der Waals surface area contributed by atoms with Gasteiger partial charge in [-0.05, 0) is 38.5 Å². The largest absolute Gasteiger partial charge is 0.504 e. The van der Waals surface area contributed by atoms with Crippen LogP contribution in [0.4, 0.5) is 0 Å². The van der Waals surface area contributed by atoms with Crippen molar-refractivity contribution >= 4 is 23.3 Å². The third kappa shape index (κ3) is 3.69. The van der Waals surface area contributed by atoms with Gasteiger partial charge in [-0.25, -0.2) is 0 Å². The molecule has 8 nitrogen and oxygen atoms in total. The Labute approximate surface area is 144 Å². The first kappa shape index (κ1) is 20.3. The van der Waals surface area contributed by atoms with Gasteiger partial charge < -0.3 is 20.2 Å². The molecule has 0 saturated carbocycles. The van der Waals surface area contributed by atoms with Gasteiger partial charge in [-0.15, -0.1) is 0 Å². The number of phenols is 2. The van der Waals surface area contributed by atoms with Crippen molar-refractivity contribution in [1.82, 2.24) is 4.90 Å². The molecule has 136 valence electrons.